The third-order valence-corrected chi connectivity index (χ3v) is 6.44. The summed E-state index contributed by atoms with van der Waals surface area (Å²) in [7, 11) is 3.45. The first-order valence-corrected chi connectivity index (χ1v) is 10.9. The molecule has 0 saturated carbocycles. The number of carbonyl (C=O) groups is 3. The minimum Gasteiger partial charge on any atom is -0.367 e. The molecule has 0 bridgehead atoms. The van der Waals surface area contributed by atoms with E-state index in [2.05, 4.69) is 0 Å². The van der Waals surface area contributed by atoms with Crippen molar-refractivity contribution in [2.45, 2.75) is 6.61 Å². The molecule has 4 rings (SSSR count). The second kappa shape index (κ2) is 9.12. The molecule has 0 aliphatic carbocycles. The molecule has 2 aromatic rings. The molecular weight excluding hydrogens is 406 g/mol. The number of ether oxygens (including phenoxy) is 1. The molecule has 2 aliphatic heterocycles. The Kier molecular flexibility index (Phi) is 6.28. The predicted molar refractivity (Wildman–Crippen MR) is 120 cm³/mol. The quantitative estimate of drug-likeness (QED) is 0.695. The fourth-order valence-electron chi connectivity index (χ4n) is 4.84. The Morgan fingerprint density at radius 3 is 2.19 bits per heavy atom. The molecular formula is C25H29N3O4. The van der Waals surface area contributed by atoms with E-state index in [0.717, 1.165) is 5.56 Å². The smallest absolute Gasteiger partial charge is 0.253 e. The van der Waals surface area contributed by atoms with E-state index in [1.807, 2.05) is 48.5 Å². The summed E-state index contributed by atoms with van der Waals surface area (Å²) in [5, 5.41) is 0. The van der Waals surface area contributed by atoms with Crippen LogP contribution < -0.4 is 0 Å². The van der Waals surface area contributed by atoms with Crippen molar-refractivity contribution in [2.24, 2.45) is 11.3 Å². The highest BCUT2D eigenvalue weighted by molar-refractivity contribution is 5.96. The average Bonchev–Trinajstić information content (AvgIpc) is 3.35. The van der Waals surface area contributed by atoms with Crippen LogP contribution in [0.4, 0.5) is 0 Å². The van der Waals surface area contributed by atoms with Gasteiger partial charge in [-0.05, 0) is 17.7 Å². The standard InChI is InChI=1S/C25H29N3O4/c1-26(2)24(31)25-17-27(22(29)16-32-15-19-9-5-3-6-10-19)13-21(25)14-28(18-25)23(30)20-11-7-4-8-12-20/h3-12,21H,13-18H2,1-2H3/t21-,25-/m1/s1. The molecule has 32 heavy (non-hydrogen) atoms. The van der Waals surface area contributed by atoms with Crippen LogP contribution in [0.25, 0.3) is 0 Å². The zero-order valence-corrected chi connectivity index (χ0v) is 18.6. The Balaban J connectivity index is 1.43. The van der Waals surface area contributed by atoms with Crippen LogP contribution in [-0.2, 0) is 20.9 Å². The molecule has 0 N–H and O–H groups in total. The highest BCUT2D eigenvalue weighted by Gasteiger charge is 2.59. The highest BCUT2D eigenvalue weighted by atomic mass is 16.5. The normalized spacial score (nSPS) is 22.0. The third kappa shape index (κ3) is 4.25. The van der Waals surface area contributed by atoms with Crippen LogP contribution in [0.2, 0.25) is 0 Å². The van der Waals surface area contributed by atoms with Gasteiger partial charge in [0.15, 0.2) is 0 Å². The van der Waals surface area contributed by atoms with Gasteiger partial charge in [-0.3, -0.25) is 14.4 Å². The van der Waals surface area contributed by atoms with E-state index < -0.39 is 5.41 Å². The number of likely N-dealkylation sites (tertiary alicyclic amines) is 2. The van der Waals surface area contributed by atoms with E-state index in [1.165, 1.54) is 0 Å². The fraction of sp³-hybridized carbons (Fsp3) is 0.400. The average molecular weight is 436 g/mol. The minimum atomic E-state index is -0.775. The van der Waals surface area contributed by atoms with E-state index in [-0.39, 0.29) is 30.2 Å². The van der Waals surface area contributed by atoms with Gasteiger partial charge in [-0.1, -0.05) is 48.5 Å². The molecule has 168 valence electrons. The lowest BCUT2D eigenvalue weighted by molar-refractivity contribution is -0.141. The number of amides is 3. The van der Waals surface area contributed by atoms with Gasteiger partial charge in [0, 0.05) is 51.8 Å². The molecule has 0 radical (unpaired) electrons. The number of hydrogen-bond acceptors (Lipinski definition) is 4. The zero-order chi connectivity index (χ0) is 22.7. The minimum absolute atomic E-state index is 0.0273. The summed E-state index contributed by atoms with van der Waals surface area (Å²) in [6.45, 7) is 1.87. The van der Waals surface area contributed by atoms with Gasteiger partial charge in [0.2, 0.25) is 11.8 Å². The molecule has 3 amide bonds. The maximum Gasteiger partial charge on any atom is 0.253 e. The summed E-state index contributed by atoms with van der Waals surface area (Å²) in [4.78, 5) is 44.1. The molecule has 7 heteroatoms. The largest absolute Gasteiger partial charge is 0.367 e. The Morgan fingerprint density at radius 1 is 0.938 bits per heavy atom. The van der Waals surface area contributed by atoms with Crippen LogP contribution in [0.15, 0.2) is 60.7 Å². The Hall–Kier alpha value is -3.19. The van der Waals surface area contributed by atoms with Crippen molar-refractivity contribution in [3.8, 4) is 0 Å². The number of fused-ring (bicyclic) bond motifs is 1. The van der Waals surface area contributed by atoms with Crippen LogP contribution >= 0.6 is 0 Å². The summed E-state index contributed by atoms with van der Waals surface area (Å²) in [5.41, 5.74) is 0.846. The van der Waals surface area contributed by atoms with E-state index in [0.29, 0.717) is 38.3 Å². The van der Waals surface area contributed by atoms with E-state index in [1.54, 1.807) is 40.9 Å². The van der Waals surface area contributed by atoms with Crippen molar-refractivity contribution < 1.29 is 19.1 Å². The van der Waals surface area contributed by atoms with Crippen LogP contribution in [0.5, 0.6) is 0 Å². The number of rotatable bonds is 6. The zero-order valence-electron chi connectivity index (χ0n) is 18.6. The lowest BCUT2D eigenvalue weighted by atomic mass is 9.80. The van der Waals surface area contributed by atoms with Gasteiger partial charge in [0.1, 0.15) is 6.61 Å². The summed E-state index contributed by atoms with van der Waals surface area (Å²) >= 11 is 0. The lowest BCUT2D eigenvalue weighted by Crippen LogP contribution is -2.48. The van der Waals surface area contributed by atoms with Crippen molar-refractivity contribution in [3.05, 3.63) is 71.8 Å². The van der Waals surface area contributed by atoms with Gasteiger partial charge in [0.25, 0.3) is 5.91 Å². The summed E-state index contributed by atoms with van der Waals surface area (Å²) in [6.07, 6.45) is 0. The summed E-state index contributed by atoms with van der Waals surface area (Å²) in [5.74, 6) is -0.327. The Labute approximate surface area is 188 Å². The maximum absolute atomic E-state index is 13.2. The topological polar surface area (TPSA) is 70.2 Å². The molecule has 2 heterocycles. The van der Waals surface area contributed by atoms with Gasteiger partial charge >= 0.3 is 0 Å². The number of benzene rings is 2. The van der Waals surface area contributed by atoms with E-state index >= 15 is 0 Å². The van der Waals surface area contributed by atoms with Crippen molar-refractivity contribution >= 4 is 17.7 Å². The van der Waals surface area contributed by atoms with E-state index in [9.17, 15) is 14.4 Å². The molecule has 2 atom stereocenters. The van der Waals surface area contributed by atoms with Crippen molar-refractivity contribution in [3.63, 3.8) is 0 Å². The SMILES string of the molecule is CN(C)C(=O)[C@@]12CN(C(=O)COCc3ccccc3)C[C@@H]1CN(C(=O)c1ccccc1)C2. The maximum atomic E-state index is 13.2. The highest BCUT2D eigenvalue weighted by Crippen LogP contribution is 2.44. The van der Waals surface area contributed by atoms with Gasteiger partial charge in [-0.15, -0.1) is 0 Å². The number of carbonyl (C=O) groups excluding carboxylic acids is 3. The fourth-order valence-corrected chi connectivity index (χ4v) is 4.84. The predicted octanol–water partition coefficient (Wildman–Crippen LogP) is 1.89. The van der Waals surface area contributed by atoms with Crippen LogP contribution in [-0.4, -0.2) is 79.3 Å². The number of hydrogen-bond donors (Lipinski definition) is 0. The first kappa shape index (κ1) is 22.0. The van der Waals surface area contributed by atoms with Gasteiger partial charge in [-0.25, -0.2) is 0 Å². The van der Waals surface area contributed by atoms with Crippen molar-refractivity contribution in [1.82, 2.24) is 14.7 Å². The van der Waals surface area contributed by atoms with Gasteiger partial charge < -0.3 is 19.4 Å². The number of nitrogens with zero attached hydrogens (tertiary/aromatic N) is 3. The molecule has 2 saturated heterocycles. The second-order valence-corrected chi connectivity index (χ2v) is 8.86. The molecule has 0 aromatic heterocycles. The molecule has 2 aliphatic rings. The van der Waals surface area contributed by atoms with Crippen LogP contribution in [0, 0.1) is 11.3 Å². The monoisotopic (exact) mass is 435 g/mol. The Morgan fingerprint density at radius 2 is 1.53 bits per heavy atom. The first-order valence-electron chi connectivity index (χ1n) is 10.9. The van der Waals surface area contributed by atoms with Crippen molar-refractivity contribution in [1.29, 1.82) is 0 Å². The lowest BCUT2D eigenvalue weighted by Gasteiger charge is -2.30. The molecule has 7 nitrogen and oxygen atoms in total. The third-order valence-electron chi connectivity index (χ3n) is 6.44. The second-order valence-electron chi connectivity index (χ2n) is 8.86. The molecule has 2 aromatic carbocycles. The Bertz CT molecular complexity index is 979. The van der Waals surface area contributed by atoms with Crippen molar-refractivity contribution in [2.75, 3.05) is 46.9 Å². The van der Waals surface area contributed by atoms with Crippen LogP contribution in [0.3, 0.4) is 0 Å². The molecule has 0 spiro atoms. The van der Waals surface area contributed by atoms with Gasteiger partial charge in [0.05, 0.1) is 12.0 Å². The first-order chi connectivity index (χ1) is 15.4. The summed E-state index contributed by atoms with van der Waals surface area (Å²) in [6, 6.07) is 18.8. The molecule has 0 unspecified atom stereocenters. The van der Waals surface area contributed by atoms with E-state index in [4.69, 9.17) is 4.74 Å². The molecule has 2 fully saturated rings. The van der Waals surface area contributed by atoms with Crippen LogP contribution in [0.1, 0.15) is 15.9 Å². The van der Waals surface area contributed by atoms with Gasteiger partial charge in [-0.2, -0.15) is 0 Å². The summed E-state index contributed by atoms with van der Waals surface area (Å²) < 4.78 is 5.62.